The van der Waals surface area contributed by atoms with Crippen LogP contribution in [-0.4, -0.2) is 80.6 Å². The second-order valence-corrected chi connectivity index (χ2v) is 15.2. The van der Waals surface area contributed by atoms with Crippen LogP contribution in [0.5, 0.6) is 0 Å². The first kappa shape index (κ1) is 37.1. The summed E-state index contributed by atoms with van der Waals surface area (Å²) in [7, 11) is 2.77. The standard InChI is InChI=1S/C43H48N8O5/c1-25(55-2)38(50-43(54)56-3)42(53)51-20-4-5-35(51)39-45-23-33(48-39)29-10-6-27(7-11-29)28-8-12-30(13-9-28)34-24-46-40(49-34)36-31-14-15-32(21-31)37(36)41(52)47-22-26-16-18-44-19-17-26/h6-13,16-19,23-25,31-32,35-38H,4-5,14-15,20-22H2,1-3H3,(H,45,48)(H,46,49)(H,47,52)(H,50,54)/t25-,31?,32?,35+,36-,37-,38+/m1/s1. The molecule has 13 nitrogen and oxygen atoms in total. The van der Waals surface area contributed by atoms with Crippen molar-refractivity contribution in [1.82, 2.24) is 40.5 Å². The Hall–Kier alpha value is -5.82. The number of pyridine rings is 1. The fourth-order valence-electron chi connectivity index (χ4n) is 9.05. The summed E-state index contributed by atoms with van der Waals surface area (Å²) >= 11 is 0. The number of hydrogen-bond acceptors (Lipinski definition) is 8. The maximum Gasteiger partial charge on any atom is 0.407 e. The van der Waals surface area contributed by atoms with Gasteiger partial charge >= 0.3 is 6.09 Å². The highest BCUT2D eigenvalue weighted by atomic mass is 16.5. The number of ether oxygens (including phenoxy) is 2. The van der Waals surface area contributed by atoms with Gasteiger partial charge in [0.15, 0.2) is 0 Å². The topological polar surface area (TPSA) is 167 Å². The predicted octanol–water partition coefficient (Wildman–Crippen LogP) is 6.40. The molecule has 13 heteroatoms. The molecule has 2 aromatic carbocycles. The molecule has 3 amide bonds. The van der Waals surface area contributed by atoms with Crippen molar-refractivity contribution in [2.75, 3.05) is 20.8 Å². The Morgan fingerprint density at radius 3 is 2.07 bits per heavy atom. The SMILES string of the molecule is COC(=O)N[C@H](C(=O)N1CCC[C@H]1c1ncc(-c2ccc(-c3ccc(-c4cnc([C@@H]5C6CCC(C6)[C@H]5C(=O)NCc5ccncc5)[nH]4)cc3)cc2)[nH]1)[C@@H](C)OC. The molecule has 4 N–H and O–H groups in total. The van der Waals surface area contributed by atoms with E-state index in [1.165, 1.54) is 14.2 Å². The van der Waals surface area contributed by atoms with Crippen molar-refractivity contribution in [2.24, 2.45) is 17.8 Å². The Balaban J connectivity index is 0.918. The minimum Gasteiger partial charge on any atom is -0.453 e. The zero-order valence-electron chi connectivity index (χ0n) is 31.9. The number of aromatic nitrogens is 5. The molecule has 0 spiro atoms. The van der Waals surface area contributed by atoms with E-state index in [4.69, 9.17) is 14.5 Å². The van der Waals surface area contributed by atoms with Crippen LogP contribution >= 0.6 is 0 Å². The minimum absolute atomic E-state index is 0.0745. The van der Waals surface area contributed by atoms with Gasteiger partial charge < -0.3 is 35.0 Å². The highest BCUT2D eigenvalue weighted by Gasteiger charge is 2.52. The molecule has 0 radical (unpaired) electrons. The fraction of sp³-hybridized carbons (Fsp3) is 0.395. The summed E-state index contributed by atoms with van der Waals surface area (Å²) < 4.78 is 10.2. The first-order valence-corrected chi connectivity index (χ1v) is 19.5. The van der Waals surface area contributed by atoms with Crippen molar-refractivity contribution >= 4 is 17.9 Å². The van der Waals surface area contributed by atoms with E-state index in [-0.39, 0.29) is 29.7 Å². The number of aromatic amines is 2. The Bertz CT molecular complexity index is 2150. The molecule has 1 aliphatic heterocycles. The van der Waals surface area contributed by atoms with Gasteiger partial charge in [-0.3, -0.25) is 14.6 Å². The lowest BCUT2D eigenvalue weighted by Gasteiger charge is -2.30. The highest BCUT2D eigenvalue weighted by Crippen LogP contribution is 2.56. The number of fused-ring (bicyclic) bond motifs is 2. The number of carbonyl (C=O) groups excluding carboxylic acids is 3. The highest BCUT2D eigenvalue weighted by molar-refractivity contribution is 5.87. The van der Waals surface area contributed by atoms with Gasteiger partial charge in [0.1, 0.15) is 17.7 Å². The maximum absolute atomic E-state index is 13.6. The van der Waals surface area contributed by atoms with Gasteiger partial charge in [-0.2, -0.15) is 0 Å². The van der Waals surface area contributed by atoms with Gasteiger partial charge in [0.05, 0.1) is 49.0 Å². The lowest BCUT2D eigenvalue weighted by Crippen LogP contribution is -2.54. The van der Waals surface area contributed by atoms with Gasteiger partial charge in [-0.05, 0) is 90.8 Å². The summed E-state index contributed by atoms with van der Waals surface area (Å²) in [6.45, 7) is 2.80. The number of rotatable bonds is 12. The van der Waals surface area contributed by atoms with E-state index in [2.05, 4.69) is 79.1 Å². The van der Waals surface area contributed by atoms with Crippen LogP contribution in [-0.2, 0) is 25.6 Å². The quantitative estimate of drug-likeness (QED) is 0.114. The number of H-pyrrole nitrogens is 2. The van der Waals surface area contributed by atoms with E-state index in [9.17, 15) is 14.4 Å². The lowest BCUT2D eigenvalue weighted by atomic mass is 9.78. The molecular formula is C43H48N8O5. The van der Waals surface area contributed by atoms with Crippen LogP contribution in [0.15, 0.2) is 85.5 Å². The number of carbonyl (C=O) groups is 3. The normalized spacial score (nSPS) is 22.5. The average Bonchev–Trinajstić information content (AvgIpc) is 4.10. The third kappa shape index (κ3) is 7.43. The number of hydrogen-bond donors (Lipinski definition) is 4. The molecule has 1 saturated heterocycles. The molecular weight excluding hydrogens is 709 g/mol. The van der Waals surface area contributed by atoms with Gasteiger partial charge in [0.25, 0.3) is 0 Å². The van der Waals surface area contributed by atoms with Crippen molar-refractivity contribution in [2.45, 2.75) is 69.7 Å². The first-order valence-electron chi connectivity index (χ1n) is 19.5. The van der Waals surface area contributed by atoms with E-state index in [0.29, 0.717) is 30.7 Å². The number of imidazole rings is 2. The van der Waals surface area contributed by atoms with Crippen molar-refractivity contribution < 1.29 is 23.9 Å². The number of amides is 3. The molecule has 2 aliphatic carbocycles. The molecule has 2 bridgehead atoms. The van der Waals surface area contributed by atoms with Gasteiger partial charge in [0.2, 0.25) is 11.8 Å². The van der Waals surface area contributed by atoms with E-state index in [1.54, 1.807) is 30.4 Å². The predicted molar refractivity (Wildman–Crippen MR) is 210 cm³/mol. The number of alkyl carbamates (subject to hydrolysis) is 1. The Morgan fingerprint density at radius 1 is 0.821 bits per heavy atom. The summed E-state index contributed by atoms with van der Waals surface area (Å²) in [6, 6.07) is 19.5. The van der Waals surface area contributed by atoms with Gasteiger partial charge in [-0.25, -0.2) is 14.8 Å². The molecule has 56 heavy (non-hydrogen) atoms. The van der Waals surface area contributed by atoms with Crippen LogP contribution < -0.4 is 10.6 Å². The Morgan fingerprint density at radius 2 is 1.43 bits per heavy atom. The van der Waals surface area contributed by atoms with Crippen molar-refractivity contribution in [3.05, 3.63) is 103 Å². The number of likely N-dealkylation sites (tertiary alicyclic amines) is 1. The third-order valence-electron chi connectivity index (χ3n) is 12.1. The third-order valence-corrected chi connectivity index (χ3v) is 12.1. The summed E-state index contributed by atoms with van der Waals surface area (Å²) in [4.78, 5) is 61.5. The molecule has 4 heterocycles. The van der Waals surface area contributed by atoms with E-state index in [0.717, 1.165) is 77.1 Å². The summed E-state index contributed by atoms with van der Waals surface area (Å²) in [6.07, 6.45) is 10.9. The van der Waals surface area contributed by atoms with Crippen molar-refractivity contribution in [1.29, 1.82) is 0 Å². The molecule has 2 unspecified atom stereocenters. The first-order chi connectivity index (χ1) is 27.3. The summed E-state index contributed by atoms with van der Waals surface area (Å²) in [5.74, 6) is 2.37. The van der Waals surface area contributed by atoms with Crippen LogP contribution in [0.4, 0.5) is 4.79 Å². The average molecular weight is 757 g/mol. The number of nitrogens with one attached hydrogen (secondary N) is 4. The summed E-state index contributed by atoms with van der Waals surface area (Å²) in [5, 5.41) is 5.82. The van der Waals surface area contributed by atoms with Crippen molar-refractivity contribution in [3.63, 3.8) is 0 Å². The molecule has 3 aromatic heterocycles. The lowest BCUT2D eigenvalue weighted by molar-refractivity contribution is -0.137. The molecule has 5 aromatic rings. The molecule has 3 fully saturated rings. The molecule has 290 valence electrons. The van der Waals surface area contributed by atoms with Gasteiger partial charge in [-0.1, -0.05) is 48.5 Å². The van der Waals surface area contributed by atoms with Crippen LogP contribution in [0, 0.1) is 17.8 Å². The van der Waals surface area contributed by atoms with E-state index >= 15 is 0 Å². The molecule has 8 rings (SSSR count). The summed E-state index contributed by atoms with van der Waals surface area (Å²) in [5.41, 5.74) is 7.04. The van der Waals surface area contributed by atoms with Crippen LogP contribution in [0.1, 0.15) is 68.2 Å². The van der Waals surface area contributed by atoms with Gasteiger partial charge in [0, 0.05) is 38.5 Å². The molecule has 7 atom stereocenters. The van der Waals surface area contributed by atoms with Crippen LogP contribution in [0.3, 0.4) is 0 Å². The number of methoxy groups -OCH3 is 2. The fourth-order valence-corrected chi connectivity index (χ4v) is 9.05. The Kier molecular flexibility index (Phi) is 10.7. The minimum atomic E-state index is -0.885. The zero-order chi connectivity index (χ0) is 38.8. The number of benzene rings is 2. The largest absolute Gasteiger partial charge is 0.453 e. The van der Waals surface area contributed by atoms with Crippen LogP contribution in [0.2, 0.25) is 0 Å². The monoisotopic (exact) mass is 756 g/mol. The second-order valence-electron chi connectivity index (χ2n) is 15.2. The Labute approximate surface area is 326 Å². The number of nitrogens with zero attached hydrogens (tertiary/aromatic N) is 4. The van der Waals surface area contributed by atoms with E-state index < -0.39 is 18.2 Å². The van der Waals surface area contributed by atoms with E-state index in [1.807, 2.05) is 18.3 Å². The zero-order valence-corrected chi connectivity index (χ0v) is 31.9. The molecule has 2 saturated carbocycles. The smallest absolute Gasteiger partial charge is 0.407 e. The van der Waals surface area contributed by atoms with Gasteiger partial charge in [-0.15, -0.1) is 0 Å². The second kappa shape index (κ2) is 16.1. The van der Waals surface area contributed by atoms with Crippen LogP contribution in [0.25, 0.3) is 33.6 Å². The van der Waals surface area contributed by atoms with Crippen molar-refractivity contribution in [3.8, 4) is 33.6 Å². The maximum atomic E-state index is 13.6. The molecule has 3 aliphatic rings.